The van der Waals surface area contributed by atoms with Crippen LogP contribution in [0.4, 0.5) is 0 Å². The van der Waals surface area contributed by atoms with E-state index in [2.05, 4.69) is 0 Å². The fraction of sp³-hybridized carbons (Fsp3) is 0.611. The number of methoxy groups -OCH3 is 1. The summed E-state index contributed by atoms with van der Waals surface area (Å²) in [6.45, 7) is 3.95. The number of ether oxygens (including phenoxy) is 3. The van der Waals surface area contributed by atoms with Gasteiger partial charge in [0.2, 0.25) is 5.91 Å². The summed E-state index contributed by atoms with van der Waals surface area (Å²) in [5.74, 6) is 0.945. The molecule has 3 atom stereocenters. The first-order chi connectivity index (χ1) is 11.2. The minimum atomic E-state index is 0.0259. The molecule has 1 aromatic rings. The summed E-state index contributed by atoms with van der Waals surface area (Å²) in [5.41, 5.74) is 0.983. The molecule has 1 aromatic carbocycles. The number of morpholine rings is 1. The summed E-state index contributed by atoms with van der Waals surface area (Å²) in [4.78, 5) is 14.8. The van der Waals surface area contributed by atoms with E-state index < -0.39 is 0 Å². The average molecular weight is 319 g/mol. The van der Waals surface area contributed by atoms with Crippen LogP contribution < -0.4 is 4.74 Å². The first-order valence-electron chi connectivity index (χ1n) is 8.38. The molecule has 0 spiro atoms. The summed E-state index contributed by atoms with van der Waals surface area (Å²) in [7, 11) is 1.64. The maximum atomic E-state index is 12.8. The molecule has 23 heavy (non-hydrogen) atoms. The second-order valence-electron chi connectivity index (χ2n) is 6.09. The van der Waals surface area contributed by atoms with Gasteiger partial charge in [0.1, 0.15) is 11.9 Å². The van der Waals surface area contributed by atoms with Crippen LogP contribution in [-0.4, -0.2) is 55.9 Å². The lowest BCUT2D eigenvalue weighted by molar-refractivity contribution is -0.150. The van der Waals surface area contributed by atoms with Crippen LogP contribution in [0.1, 0.15) is 25.3 Å². The molecule has 1 aliphatic carbocycles. The maximum Gasteiger partial charge on any atom is 0.227 e. The van der Waals surface area contributed by atoms with Crippen molar-refractivity contribution in [3.05, 3.63) is 29.8 Å². The molecule has 2 aliphatic rings. The second-order valence-corrected chi connectivity index (χ2v) is 6.09. The summed E-state index contributed by atoms with van der Waals surface area (Å²) in [6, 6.07) is 7.86. The summed E-state index contributed by atoms with van der Waals surface area (Å²) < 4.78 is 16.9. The van der Waals surface area contributed by atoms with Crippen LogP contribution in [0.15, 0.2) is 24.3 Å². The monoisotopic (exact) mass is 319 g/mol. The van der Waals surface area contributed by atoms with Gasteiger partial charge < -0.3 is 19.1 Å². The van der Waals surface area contributed by atoms with Gasteiger partial charge in [-0.2, -0.15) is 0 Å². The fourth-order valence-electron chi connectivity index (χ4n) is 3.68. The Hall–Kier alpha value is -1.59. The van der Waals surface area contributed by atoms with Crippen molar-refractivity contribution in [2.75, 3.05) is 26.9 Å². The van der Waals surface area contributed by atoms with Crippen molar-refractivity contribution >= 4 is 5.91 Å². The molecule has 0 N–H and O–H groups in total. The highest BCUT2D eigenvalue weighted by Gasteiger charge is 2.44. The van der Waals surface area contributed by atoms with Crippen molar-refractivity contribution in [1.82, 2.24) is 4.90 Å². The number of carbonyl (C=O) groups excluding carboxylic acids is 1. The third kappa shape index (κ3) is 3.51. The number of benzene rings is 1. The lowest BCUT2D eigenvalue weighted by Crippen LogP contribution is -2.54. The standard InChI is InChI=1S/C18H25NO4/c1-3-22-16-8-7-15-18(16)23-10-9-19(15)17(20)12-13-5-4-6-14(11-13)21-2/h4-6,11,15-16,18H,3,7-10,12H2,1-2H3/t15-,16-,18-/m1/s1. The average Bonchev–Trinajstić information content (AvgIpc) is 2.98. The summed E-state index contributed by atoms with van der Waals surface area (Å²) in [6.07, 6.45) is 2.47. The number of carbonyl (C=O) groups is 1. The van der Waals surface area contributed by atoms with Crippen molar-refractivity contribution in [3.63, 3.8) is 0 Å². The molecule has 5 heteroatoms. The molecule has 1 saturated carbocycles. The Balaban J connectivity index is 1.67. The molecular formula is C18H25NO4. The normalized spacial score (nSPS) is 26.9. The molecule has 3 rings (SSSR count). The molecule has 1 heterocycles. The number of hydrogen-bond acceptors (Lipinski definition) is 4. The van der Waals surface area contributed by atoms with Gasteiger partial charge in [-0.25, -0.2) is 0 Å². The molecule has 1 saturated heterocycles. The zero-order valence-corrected chi connectivity index (χ0v) is 13.9. The van der Waals surface area contributed by atoms with Crippen molar-refractivity contribution in [2.24, 2.45) is 0 Å². The molecule has 5 nitrogen and oxygen atoms in total. The Morgan fingerprint density at radius 1 is 1.39 bits per heavy atom. The molecule has 0 unspecified atom stereocenters. The van der Waals surface area contributed by atoms with Crippen molar-refractivity contribution < 1.29 is 19.0 Å². The smallest absolute Gasteiger partial charge is 0.227 e. The first-order valence-corrected chi connectivity index (χ1v) is 8.38. The predicted octanol–water partition coefficient (Wildman–Crippen LogP) is 2.03. The van der Waals surface area contributed by atoms with Gasteiger partial charge in [0.25, 0.3) is 0 Å². The molecule has 1 aliphatic heterocycles. The first kappa shape index (κ1) is 16.3. The van der Waals surface area contributed by atoms with Gasteiger partial charge >= 0.3 is 0 Å². The third-order valence-electron chi connectivity index (χ3n) is 4.73. The topological polar surface area (TPSA) is 48.0 Å². The Kier molecular flexibility index (Phi) is 5.18. The van der Waals surface area contributed by atoms with E-state index in [-0.39, 0.29) is 24.2 Å². The zero-order chi connectivity index (χ0) is 16.2. The lowest BCUT2D eigenvalue weighted by Gasteiger charge is -2.39. The van der Waals surface area contributed by atoms with Crippen LogP contribution in [0.5, 0.6) is 5.75 Å². The highest BCUT2D eigenvalue weighted by atomic mass is 16.5. The minimum absolute atomic E-state index is 0.0259. The predicted molar refractivity (Wildman–Crippen MR) is 86.6 cm³/mol. The molecule has 0 radical (unpaired) electrons. The zero-order valence-electron chi connectivity index (χ0n) is 13.9. The molecule has 126 valence electrons. The lowest BCUT2D eigenvalue weighted by atomic mass is 10.1. The third-order valence-corrected chi connectivity index (χ3v) is 4.73. The van der Waals surface area contributed by atoms with Gasteiger partial charge in [-0.05, 0) is 37.5 Å². The van der Waals surface area contributed by atoms with Crippen LogP contribution in [0.3, 0.4) is 0 Å². The van der Waals surface area contributed by atoms with Gasteiger partial charge in [0, 0.05) is 13.2 Å². The van der Waals surface area contributed by atoms with E-state index >= 15 is 0 Å². The van der Waals surface area contributed by atoms with Gasteiger partial charge in [0.05, 0.1) is 32.3 Å². The number of fused-ring (bicyclic) bond motifs is 1. The number of nitrogens with zero attached hydrogens (tertiary/aromatic N) is 1. The number of hydrogen-bond donors (Lipinski definition) is 0. The summed E-state index contributed by atoms with van der Waals surface area (Å²) in [5, 5.41) is 0. The van der Waals surface area contributed by atoms with Gasteiger partial charge in [-0.3, -0.25) is 4.79 Å². The van der Waals surface area contributed by atoms with E-state index in [0.29, 0.717) is 26.2 Å². The van der Waals surface area contributed by atoms with Crippen molar-refractivity contribution in [1.29, 1.82) is 0 Å². The van der Waals surface area contributed by atoms with E-state index in [0.717, 1.165) is 24.2 Å². The van der Waals surface area contributed by atoms with Crippen molar-refractivity contribution in [3.8, 4) is 5.75 Å². The SMILES string of the molecule is CCO[C@@H]1CC[C@@H]2[C@H]1OCCN2C(=O)Cc1cccc(OC)c1. The summed E-state index contributed by atoms with van der Waals surface area (Å²) >= 11 is 0. The molecule has 1 amide bonds. The Labute approximate surface area is 137 Å². The van der Waals surface area contributed by atoms with E-state index in [9.17, 15) is 4.79 Å². The van der Waals surface area contributed by atoms with E-state index in [1.165, 1.54) is 0 Å². The van der Waals surface area contributed by atoms with Crippen LogP contribution in [0.2, 0.25) is 0 Å². The number of amides is 1. The maximum absolute atomic E-state index is 12.8. The Morgan fingerprint density at radius 2 is 2.26 bits per heavy atom. The molecule has 0 bridgehead atoms. The fourth-order valence-corrected chi connectivity index (χ4v) is 3.68. The van der Waals surface area contributed by atoms with Gasteiger partial charge in [-0.15, -0.1) is 0 Å². The van der Waals surface area contributed by atoms with E-state index in [1.807, 2.05) is 36.1 Å². The van der Waals surface area contributed by atoms with Gasteiger partial charge in [0.15, 0.2) is 0 Å². The Bertz CT molecular complexity index is 548. The largest absolute Gasteiger partial charge is 0.497 e. The number of rotatable bonds is 5. The Morgan fingerprint density at radius 3 is 3.04 bits per heavy atom. The molecular weight excluding hydrogens is 294 g/mol. The van der Waals surface area contributed by atoms with Crippen LogP contribution in [0.25, 0.3) is 0 Å². The van der Waals surface area contributed by atoms with Crippen LogP contribution in [-0.2, 0) is 20.7 Å². The van der Waals surface area contributed by atoms with Gasteiger partial charge in [-0.1, -0.05) is 12.1 Å². The quantitative estimate of drug-likeness (QED) is 0.833. The molecule has 0 aromatic heterocycles. The second kappa shape index (κ2) is 7.32. The highest BCUT2D eigenvalue weighted by molar-refractivity contribution is 5.79. The highest BCUT2D eigenvalue weighted by Crippen LogP contribution is 2.32. The minimum Gasteiger partial charge on any atom is -0.497 e. The van der Waals surface area contributed by atoms with Crippen LogP contribution in [0, 0.1) is 0 Å². The van der Waals surface area contributed by atoms with Crippen LogP contribution >= 0.6 is 0 Å². The van der Waals surface area contributed by atoms with E-state index in [1.54, 1.807) is 7.11 Å². The molecule has 2 fully saturated rings. The van der Waals surface area contributed by atoms with Crippen molar-refractivity contribution in [2.45, 2.75) is 44.4 Å². The van der Waals surface area contributed by atoms with E-state index in [4.69, 9.17) is 14.2 Å².